The molecule has 1 atom stereocenters. The van der Waals surface area contributed by atoms with Crippen LogP contribution in [-0.4, -0.2) is 43.6 Å². The number of allylic oxidation sites excluding steroid dienone is 1. The molecule has 0 aliphatic rings. The average Bonchev–Trinajstić information content (AvgIpc) is 2.62. The Balaban J connectivity index is 2.46. The van der Waals surface area contributed by atoms with Crippen molar-refractivity contribution in [3.63, 3.8) is 0 Å². The van der Waals surface area contributed by atoms with Crippen molar-refractivity contribution in [3.05, 3.63) is 35.9 Å². The first-order valence-electron chi connectivity index (χ1n) is 9.37. The number of esters is 2. The molecule has 29 heavy (non-hydrogen) atoms. The van der Waals surface area contributed by atoms with Crippen LogP contribution in [-0.2, 0) is 30.3 Å². The number of rotatable bonds is 10. The van der Waals surface area contributed by atoms with E-state index in [0.29, 0.717) is 23.5 Å². The predicted molar refractivity (Wildman–Crippen MR) is 108 cm³/mol. The Morgan fingerprint density at radius 2 is 1.59 bits per heavy atom. The summed E-state index contributed by atoms with van der Waals surface area (Å²) in [6.07, 6.45) is 2.43. The molecule has 1 rings (SSSR count). The van der Waals surface area contributed by atoms with E-state index in [-0.39, 0.29) is 18.6 Å². The van der Waals surface area contributed by atoms with Gasteiger partial charge >= 0.3 is 11.9 Å². The Bertz CT molecular complexity index is 722. The molecule has 0 spiro atoms. The fraction of sp³-hybridized carbons (Fsp3) is 0.500. The molecule has 0 heterocycles. The van der Waals surface area contributed by atoms with E-state index in [4.69, 9.17) is 18.9 Å². The van der Waals surface area contributed by atoms with Crippen LogP contribution in [0, 0.1) is 0 Å². The van der Waals surface area contributed by atoms with Crippen LogP contribution in [0.1, 0.15) is 46.1 Å². The highest BCUT2D eigenvalue weighted by molar-refractivity contribution is 5.95. The molecule has 0 amide bonds. The second kappa shape index (κ2) is 11.2. The Labute approximate surface area is 172 Å². The van der Waals surface area contributed by atoms with E-state index < -0.39 is 23.6 Å². The van der Waals surface area contributed by atoms with Gasteiger partial charge in [0.15, 0.2) is 5.78 Å². The first kappa shape index (κ1) is 24.2. The standard InChI is InChI=1S/C22H30O7/c1-15(7-8-17(23)9-10-20(24)29-22(2,3)4)28-21(25)13-16-11-18(26-5)14-19(12-16)27-6/h9-12,14-15H,7-8,13H2,1-6H3/b10-9+/t15-/m1/s1. The van der Waals surface area contributed by atoms with Gasteiger partial charge in [0, 0.05) is 18.6 Å². The van der Waals surface area contributed by atoms with E-state index in [1.165, 1.54) is 20.3 Å². The molecule has 1 aromatic carbocycles. The number of carbonyl (C=O) groups excluding carboxylic acids is 3. The Kier molecular flexibility index (Phi) is 9.38. The molecule has 0 aromatic heterocycles. The molecule has 0 N–H and O–H groups in total. The summed E-state index contributed by atoms with van der Waals surface area (Å²) in [6.45, 7) is 6.96. The lowest BCUT2D eigenvalue weighted by Gasteiger charge is -2.17. The van der Waals surface area contributed by atoms with E-state index >= 15 is 0 Å². The first-order valence-corrected chi connectivity index (χ1v) is 9.37. The maximum atomic E-state index is 12.2. The maximum absolute atomic E-state index is 12.2. The number of ketones is 1. The van der Waals surface area contributed by atoms with Gasteiger partial charge in [-0.25, -0.2) is 4.79 Å². The summed E-state index contributed by atoms with van der Waals surface area (Å²) >= 11 is 0. The van der Waals surface area contributed by atoms with Crippen molar-refractivity contribution in [2.45, 2.75) is 58.7 Å². The second-order valence-electron chi connectivity index (χ2n) is 7.57. The predicted octanol–water partition coefficient (Wildman–Crippen LogP) is 3.43. The van der Waals surface area contributed by atoms with Gasteiger partial charge in [0.25, 0.3) is 0 Å². The Morgan fingerprint density at radius 1 is 1.00 bits per heavy atom. The lowest BCUT2D eigenvalue weighted by molar-refractivity contribution is -0.149. The molecule has 160 valence electrons. The van der Waals surface area contributed by atoms with Crippen molar-refractivity contribution < 1.29 is 33.3 Å². The van der Waals surface area contributed by atoms with Gasteiger partial charge in [-0.2, -0.15) is 0 Å². The minimum absolute atomic E-state index is 0.0599. The van der Waals surface area contributed by atoms with E-state index in [1.54, 1.807) is 45.9 Å². The van der Waals surface area contributed by atoms with Crippen LogP contribution < -0.4 is 9.47 Å². The molecule has 0 aliphatic carbocycles. The minimum Gasteiger partial charge on any atom is -0.497 e. The largest absolute Gasteiger partial charge is 0.497 e. The fourth-order valence-corrected chi connectivity index (χ4v) is 2.39. The minimum atomic E-state index is -0.611. The lowest BCUT2D eigenvalue weighted by atomic mass is 10.1. The smallest absolute Gasteiger partial charge is 0.331 e. The summed E-state index contributed by atoms with van der Waals surface area (Å²) in [5.41, 5.74) is 0.0924. The molecule has 0 bridgehead atoms. The second-order valence-corrected chi connectivity index (χ2v) is 7.57. The highest BCUT2D eigenvalue weighted by Crippen LogP contribution is 2.23. The molecular weight excluding hydrogens is 376 g/mol. The molecule has 7 nitrogen and oxygen atoms in total. The maximum Gasteiger partial charge on any atom is 0.331 e. The van der Waals surface area contributed by atoms with Crippen molar-refractivity contribution in [3.8, 4) is 11.5 Å². The van der Waals surface area contributed by atoms with Crippen LogP contribution in [0.25, 0.3) is 0 Å². The molecule has 0 saturated heterocycles. The number of carbonyl (C=O) groups is 3. The van der Waals surface area contributed by atoms with Crippen LogP contribution in [0.4, 0.5) is 0 Å². The average molecular weight is 406 g/mol. The van der Waals surface area contributed by atoms with Crippen LogP contribution in [0.3, 0.4) is 0 Å². The van der Waals surface area contributed by atoms with Crippen LogP contribution in [0.2, 0.25) is 0 Å². The van der Waals surface area contributed by atoms with Gasteiger partial charge in [0.2, 0.25) is 0 Å². The van der Waals surface area contributed by atoms with Crippen LogP contribution in [0.5, 0.6) is 11.5 Å². The zero-order chi connectivity index (χ0) is 22.0. The molecule has 0 saturated carbocycles. The lowest BCUT2D eigenvalue weighted by Crippen LogP contribution is -2.22. The third-order valence-corrected chi connectivity index (χ3v) is 3.70. The van der Waals surface area contributed by atoms with Gasteiger partial charge in [0.05, 0.1) is 26.7 Å². The van der Waals surface area contributed by atoms with Gasteiger partial charge < -0.3 is 18.9 Å². The topological polar surface area (TPSA) is 88.1 Å². The van der Waals surface area contributed by atoms with Crippen molar-refractivity contribution in [1.82, 2.24) is 0 Å². The zero-order valence-electron chi connectivity index (χ0n) is 17.9. The van der Waals surface area contributed by atoms with Crippen LogP contribution >= 0.6 is 0 Å². The van der Waals surface area contributed by atoms with Gasteiger partial charge in [-0.3, -0.25) is 9.59 Å². The van der Waals surface area contributed by atoms with E-state index in [1.807, 2.05) is 0 Å². The van der Waals surface area contributed by atoms with E-state index in [2.05, 4.69) is 0 Å². The monoisotopic (exact) mass is 406 g/mol. The quantitative estimate of drug-likeness (QED) is 0.434. The van der Waals surface area contributed by atoms with Gasteiger partial charge in [-0.1, -0.05) is 0 Å². The summed E-state index contributed by atoms with van der Waals surface area (Å²) in [5.74, 6) is -0.0509. The van der Waals surface area contributed by atoms with Gasteiger partial charge in [0.1, 0.15) is 17.1 Å². The zero-order valence-corrected chi connectivity index (χ0v) is 17.9. The van der Waals surface area contributed by atoms with Crippen molar-refractivity contribution in [2.24, 2.45) is 0 Å². The molecule has 0 aliphatic heterocycles. The highest BCUT2D eigenvalue weighted by atomic mass is 16.6. The summed E-state index contributed by atoms with van der Waals surface area (Å²) in [4.78, 5) is 35.6. The number of hydrogen-bond donors (Lipinski definition) is 0. The summed E-state index contributed by atoms with van der Waals surface area (Å²) in [6, 6.07) is 5.19. The third-order valence-electron chi connectivity index (χ3n) is 3.70. The molecular formula is C22H30O7. The first-order chi connectivity index (χ1) is 13.5. The Morgan fingerprint density at radius 3 is 2.10 bits per heavy atom. The van der Waals surface area contributed by atoms with Crippen LogP contribution in [0.15, 0.2) is 30.4 Å². The van der Waals surface area contributed by atoms with Crippen molar-refractivity contribution in [2.75, 3.05) is 14.2 Å². The number of benzene rings is 1. The fourth-order valence-electron chi connectivity index (χ4n) is 2.39. The van der Waals surface area contributed by atoms with Gasteiger partial charge in [-0.15, -0.1) is 0 Å². The summed E-state index contributed by atoms with van der Waals surface area (Å²) in [7, 11) is 3.07. The van der Waals surface area contributed by atoms with Crippen molar-refractivity contribution >= 4 is 17.7 Å². The van der Waals surface area contributed by atoms with E-state index in [0.717, 1.165) is 6.08 Å². The summed E-state index contributed by atoms with van der Waals surface area (Å²) < 4.78 is 20.8. The molecule has 1 aromatic rings. The summed E-state index contributed by atoms with van der Waals surface area (Å²) in [5, 5.41) is 0. The molecule has 0 radical (unpaired) electrons. The van der Waals surface area contributed by atoms with Gasteiger partial charge in [-0.05, 0) is 57.9 Å². The SMILES string of the molecule is COc1cc(CC(=O)O[C@H](C)CCC(=O)/C=C/C(=O)OC(C)(C)C)cc(OC)c1. The number of methoxy groups -OCH3 is 2. The molecule has 7 heteroatoms. The number of hydrogen-bond acceptors (Lipinski definition) is 7. The highest BCUT2D eigenvalue weighted by Gasteiger charge is 2.15. The van der Waals surface area contributed by atoms with E-state index in [9.17, 15) is 14.4 Å². The third kappa shape index (κ3) is 10.3. The van der Waals surface area contributed by atoms with Crippen molar-refractivity contribution in [1.29, 1.82) is 0 Å². The molecule has 0 fully saturated rings. The Hall–Kier alpha value is -2.83. The molecule has 0 unspecified atom stereocenters. The number of ether oxygens (including phenoxy) is 4. The normalized spacial score (nSPS) is 12.3.